The number of halogens is 1. The van der Waals surface area contributed by atoms with Gasteiger partial charge in [-0.05, 0) is 29.8 Å². The summed E-state index contributed by atoms with van der Waals surface area (Å²) in [6, 6.07) is 12.6. The monoisotopic (exact) mass is 428 g/mol. The number of pyridine rings is 1. The highest BCUT2D eigenvalue weighted by Gasteiger charge is 2.25. The van der Waals surface area contributed by atoms with Crippen molar-refractivity contribution in [3.8, 4) is 0 Å². The molecule has 0 aliphatic heterocycles. The van der Waals surface area contributed by atoms with Gasteiger partial charge in [-0.15, -0.1) is 0 Å². The van der Waals surface area contributed by atoms with Crippen LogP contribution in [0.5, 0.6) is 0 Å². The zero-order chi connectivity index (χ0) is 19.2. The van der Waals surface area contributed by atoms with E-state index in [0.717, 1.165) is 10.0 Å². The summed E-state index contributed by atoms with van der Waals surface area (Å²) in [7, 11) is 0. The maximum atomic E-state index is 12.2. The number of nitrogens with zero attached hydrogens (tertiary/aromatic N) is 5. The molecule has 9 nitrogen and oxygen atoms in total. The number of hydrazone groups is 1. The van der Waals surface area contributed by atoms with Crippen LogP contribution in [-0.4, -0.2) is 31.8 Å². The molecule has 0 radical (unpaired) electrons. The molecule has 3 aromatic rings. The topological polar surface area (TPSA) is 115 Å². The fraction of sp³-hybridized carbons (Fsp3) is 0.0588. The van der Waals surface area contributed by atoms with Crippen LogP contribution in [0.1, 0.15) is 21.7 Å². The Bertz CT molecular complexity index is 1000. The number of carbonyl (C=O) groups is 1. The normalized spacial score (nSPS) is 10.9. The molecule has 27 heavy (non-hydrogen) atoms. The van der Waals surface area contributed by atoms with Crippen molar-refractivity contribution in [2.45, 2.75) is 6.54 Å². The van der Waals surface area contributed by atoms with E-state index >= 15 is 0 Å². The fourth-order valence-electron chi connectivity index (χ4n) is 2.27. The Hall–Kier alpha value is -3.40. The molecule has 10 heteroatoms. The van der Waals surface area contributed by atoms with Gasteiger partial charge in [0, 0.05) is 10.7 Å². The lowest BCUT2D eigenvalue weighted by atomic mass is 10.2. The summed E-state index contributed by atoms with van der Waals surface area (Å²) in [5.74, 6) is -0.776. The lowest BCUT2D eigenvalue weighted by Crippen LogP contribution is -2.20. The Morgan fingerprint density at radius 2 is 2.19 bits per heavy atom. The van der Waals surface area contributed by atoms with Gasteiger partial charge in [0.05, 0.1) is 23.4 Å². The average Bonchev–Trinajstić information content (AvgIpc) is 3.07. The minimum absolute atomic E-state index is 0.283. The minimum Gasteiger partial charge on any atom is -0.265 e. The van der Waals surface area contributed by atoms with Gasteiger partial charge in [-0.25, -0.2) is 5.43 Å². The molecule has 2 aromatic heterocycles. The molecular weight excluding hydrogens is 416 g/mol. The number of carbonyl (C=O) groups excluding carboxylic acids is 1. The molecule has 2 heterocycles. The van der Waals surface area contributed by atoms with E-state index in [-0.39, 0.29) is 12.2 Å². The summed E-state index contributed by atoms with van der Waals surface area (Å²) < 4.78 is 2.22. The van der Waals surface area contributed by atoms with Gasteiger partial charge >= 0.3 is 5.69 Å². The molecule has 0 atom stereocenters. The highest BCUT2D eigenvalue weighted by atomic mass is 79.9. The number of rotatable bonds is 6. The Morgan fingerprint density at radius 3 is 2.89 bits per heavy atom. The number of aromatic nitrogens is 3. The Labute approximate surface area is 162 Å². The largest absolute Gasteiger partial charge is 0.320 e. The minimum atomic E-state index is -0.776. The third kappa shape index (κ3) is 4.82. The average molecular weight is 429 g/mol. The van der Waals surface area contributed by atoms with E-state index in [1.807, 2.05) is 24.3 Å². The highest BCUT2D eigenvalue weighted by Crippen LogP contribution is 2.18. The Morgan fingerprint density at radius 1 is 1.33 bits per heavy atom. The van der Waals surface area contributed by atoms with Crippen molar-refractivity contribution in [1.82, 2.24) is 20.2 Å². The number of hydrogen-bond acceptors (Lipinski definition) is 6. The van der Waals surface area contributed by atoms with Crippen LogP contribution in [0.2, 0.25) is 0 Å². The number of nitrogens with one attached hydrogen (secondary N) is 1. The molecule has 3 rings (SSSR count). The molecule has 1 N–H and O–H groups in total. The third-order valence-electron chi connectivity index (χ3n) is 3.44. The van der Waals surface area contributed by atoms with Crippen molar-refractivity contribution < 1.29 is 9.72 Å². The van der Waals surface area contributed by atoms with Crippen LogP contribution < -0.4 is 5.43 Å². The van der Waals surface area contributed by atoms with Gasteiger partial charge in [-0.3, -0.25) is 24.6 Å². The predicted molar refractivity (Wildman–Crippen MR) is 101 cm³/mol. The van der Waals surface area contributed by atoms with Gasteiger partial charge in [-0.1, -0.05) is 34.1 Å². The molecule has 136 valence electrons. The molecule has 0 bridgehead atoms. The first-order chi connectivity index (χ1) is 13.0. The zero-order valence-corrected chi connectivity index (χ0v) is 15.4. The SMILES string of the molecule is O=C(NN=Cc1ccccn1)c1nn(Cc2cccc(Br)c2)cc1[N+](=O)[O-]. The highest BCUT2D eigenvalue weighted by molar-refractivity contribution is 9.10. The standard InChI is InChI=1S/C17H13BrN6O3/c18-13-5-3-4-12(8-13)10-23-11-15(24(26)27)16(22-23)17(25)21-20-9-14-6-1-2-7-19-14/h1-9,11H,10H2,(H,21,25). The van der Waals surface area contributed by atoms with Gasteiger partial charge in [-0.2, -0.15) is 10.2 Å². The summed E-state index contributed by atoms with van der Waals surface area (Å²) in [6.07, 6.45) is 4.14. The summed E-state index contributed by atoms with van der Waals surface area (Å²) in [5.41, 5.74) is 2.94. The van der Waals surface area contributed by atoms with Crippen molar-refractivity contribution in [1.29, 1.82) is 0 Å². The number of hydrogen-bond donors (Lipinski definition) is 1. The molecule has 1 aromatic carbocycles. The lowest BCUT2D eigenvalue weighted by molar-refractivity contribution is -0.385. The van der Waals surface area contributed by atoms with Crippen molar-refractivity contribution in [3.05, 3.63) is 86.4 Å². The first kappa shape index (κ1) is 18.4. The van der Waals surface area contributed by atoms with E-state index in [1.165, 1.54) is 17.1 Å². The predicted octanol–water partition coefficient (Wildman–Crippen LogP) is 2.76. The summed E-state index contributed by atoms with van der Waals surface area (Å²) in [6.45, 7) is 0.283. The second kappa shape index (κ2) is 8.32. The van der Waals surface area contributed by atoms with Gasteiger partial charge < -0.3 is 0 Å². The van der Waals surface area contributed by atoms with Crippen LogP contribution in [0.4, 0.5) is 5.69 Å². The Kier molecular flexibility index (Phi) is 5.67. The van der Waals surface area contributed by atoms with Gasteiger partial charge in [0.1, 0.15) is 6.20 Å². The molecule has 0 unspecified atom stereocenters. The second-order valence-electron chi connectivity index (χ2n) is 5.40. The molecule has 0 fully saturated rings. The van der Waals surface area contributed by atoms with Crippen LogP contribution >= 0.6 is 15.9 Å². The number of amides is 1. The molecule has 0 saturated carbocycles. The van der Waals surface area contributed by atoms with E-state index in [9.17, 15) is 14.9 Å². The molecule has 0 spiro atoms. The Balaban J connectivity index is 1.77. The smallest absolute Gasteiger partial charge is 0.265 e. The number of nitro groups is 1. The van der Waals surface area contributed by atoms with E-state index in [1.54, 1.807) is 24.4 Å². The molecule has 1 amide bonds. The van der Waals surface area contributed by atoms with E-state index in [4.69, 9.17) is 0 Å². The zero-order valence-electron chi connectivity index (χ0n) is 13.8. The fourth-order valence-corrected chi connectivity index (χ4v) is 2.72. The lowest BCUT2D eigenvalue weighted by Gasteiger charge is -2.01. The molecule has 0 aliphatic carbocycles. The van der Waals surface area contributed by atoms with Crippen molar-refractivity contribution in [3.63, 3.8) is 0 Å². The first-order valence-corrected chi connectivity index (χ1v) is 8.53. The van der Waals surface area contributed by atoms with E-state index in [2.05, 4.69) is 36.5 Å². The maximum Gasteiger partial charge on any atom is 0.320 e. The van der Waals surface area contributed by atoms with Crippen molar-refractivity contribution in [2.24, 2.45) is 5.10 Å². The van der Waals surface area contributed by atoms with Crippen molar-refractivity contribution in [2.75, 3.05) is 0 Å². The summed E-state index contributed by atoms with van der Waals surface area (Å²) in [5, 5.41) is 19.1. The van der Waals surface area contributed by atoms with E-state index < -0.39 is 16.5 Å². The van der Waals surface area contributed by atoms with Crippen LogP contribution in [0, 0.1) is 10.1 Å². The number of benzene rings is 1. The van der Waals surface area contributed by atoms with Crippen LogP contribution in [0.3, 0.4) is 0 Å². The molecule has 0 saturated heterocycles. The van der Waals surface area contributed by atoms with Gasteiger partial charge in [0.25, 0.3) is 5.91 Å². The van der Waals surface area contributed by atoms with Gasteiger partial charge in [0.2, 0.25) is 5.69 Å². The van der Waals surface area contributed by atoms with Crippen molar-refractivity contribution >= 4 is 33.7 Å². The summed E-state index contributed by atoms with van der Waals surface area (Å²) >= 11 is 3.37. The van der Waals surface area contributed by atoms with Crippen LogP contribution in [0.15, 0.2) is 64.4 Å². The summed E-state index contributed by atoms with van der Waals surface area (Å²) in [4.78, 5) is 26.9. The molecule has 0 aliphatic rings. The third-order valence-corrected chi connectivity index (χ3v) is 3.93. The quantitative estimate of drug-likeness (QED) is 0.368. The van der Waals surface area contributed by atoms with Crippen LogP contribution in [-0.2, 0) is 6.54 Å². The maximum absolute atomic E-state index is 12.2. The van der Waals surface area contributed by atoms with E-state index in [0.29, 0.717) is 5.69 Å². The first-order valence-electron chi connectivity index (χ1n) is 7.73. The van der Waals surface area contributed by atoms with Gasteiger partial charge in [0.15, 0.2) is 0 Å². The van der Waals surface area contributed by atoms with Crippen LogP contribution in [0.25, 0.3) is 0 Å². The molecular formula is C17H13BrN6O3. The second-order valence-corrected chi connectivity index (χ2v) is 6.32.